The van der Waals surface area contributed by atoms with E-state index in [0.29, 0.717) is 24.7 Å². The molecule has 1 aromatic heterocycles. The second-order valence-corrected chi connectivity index (χ2v) is 6.48. The largest absolute Gasteiger partial charge is 0.350 e. The highest BCUT2D eigenvalue weighted by molar-refractivity contribution is 5.92. The molecule has 1 amide bonds. The third kappa shape index (κ3) is 4.20. The van der Waals surface area contributed by atoms with E-state index >= 15 is 0 Å². The highest BCUT2D eigenvalue weighted by atomic mass is 19.1. The molecule has 0 bridgehead atoms. The van der Waals surface area contributed by atoms with Crippen molar-refractivity contribution in [2.45, 2.75) is 26.3 Å². The van der Waals surface area contributed by atoms with Gasteiger partial charge in [0, 0.05) is 30.9 Å². The Morgan fingerprint density at radius 2 is 2.29 bits per heavy atom. The van der Waals surface area contributed by atoms with Gasteiger partial charge in [0.2, 0.25) is 0 Å². The second-order valence-electron chi connectivity index (χ2n) is 6.48. The standard InChI is InChI=1S/C18H23FN4O/c1-13-9-17(22-21-13)18(24)20-10-14-5-4-8-23(11-14)12-15-6-2-3-7-16(15)19/h2-3,6-7,9,14H,4-5,8,10-12H2,1H3,(H,20,24)(H,21,22)/t14-/m1/s1. The van der Waals surface area contributed by atoms with Crippen LogP contribution in [0.15, 0.2) is 30.3 Å². The number of rotatable bonds is 5. The normalized spacial score (nSPS) is 18.5. The monoisotopic (exact) mass is 330 g/mol. The van der Waals surface area contributed by atoms with Crippen LogP contribution >= 0.6 is 0 Å². The molecule has 2 aromatic rings. The Balaban J connectivity index is 1.50. The molecule has 1 saturated heterocycles. The van der Waals surface area contributed by atoms with Gasteiger partial charge in [-0.3, -0.25) is 14.8 Å². The number of benzene rings is 1. The first-order chi connectivity index (χ1) is 11.6. The summed E-state index contributed by atoms with van der Waals surface area (Å²) in [5, 5.41) is 9.70. The van der Waals surface area contributed by atoms with Crippen LogP contribution in [0.4, 0.5) is 4.39 Å². The first-order valence-corrected chi connectivity index (χ1v) is 8.38. The lowest BCUT2D eigenvalue weighted by Crippen LogP contribution is -2.40. The van der Waals surface area contributed by atoms with Crippen LogP contribution in [0.2, 0.25) is 0 Å². The highest BCUT2D eigenvalue weighted by Gasteiger charge is 2.21. The number of hydrogen-bond donors (Lipinski definition) is 2. The maximum absolute atomic E-state index is 13.8. The summed E-state index contributed by atoms with van der Waals surface area (Å²) in [6, 6.07) is 8.65. The molecule has 1 fully saturated rings. The lowest BCUT2D eigenvalue weighted by molar-refractivity contribution is 0.0925. The molecule has 0 spiro atoms. The number of hydrogen-bond acceptors (Lipinski definition) is 3. The summed E-state index contributed by atoms with van der Waals surface area (Å²) in [6.45, 7) is 4.95. The van der Waals surface area contributed by atoms with Crippen LogP contribution in [-0.4, -0.2) is 40.6 Å². The number of amides is 1. The molecule has 1 aromatic carbocycles. The molecule has 1 aliphatic rings. The van der Waals surface area contributed by atoms with Crippen LogP contribution in [0.25, 0.3) is 0 Å². The zero-order valence-corrected chi connectivity index (χ0v) is 13.9. The third-order valence-corrected chi connectivity index (χ3v) is 4.44. The number of H-pyrrole nitrogens is 1. The minimum atomic E-state index is -0.151. The van der Waals surface area contributed by atoms with Gasteiger partial charge in [0.1, 0.15) is 11.5 Å². The van der Waals surface area contributed by atoms with Gasteiger partial charge in [-0.2, -0.15) is 5.10 Å². The molecular formula is C18H23FN4O. The maximum atomic E-state index is 13.8. The molecule has 6 heteroatoms. The van der Waals surface area contributed by atoms with Crippen LogP contribution in [0.5, 0.6) is 0 Å². The van der Waals surface area contributed by atoms with Crippen LogP contribution in [0.1, 0.15) is 34.6 Å². The summed E-state index contributed by atoms with van der Waals surface area (Å²) >= 11 is 0. The van der Waals surface area contributed by atoms with Gasteiger partial charge in [-0.15, -0.1) is 0 Å². The molecule has 5 nitrogen and oxygen atoms in total. The number of carbonyl (C=O) groups excluding carboxylic acids is 1. The molecule has 3 rings (SSSR count). The fourth-order valence-corrected chi connectivity index (χ4v) is 3.19. The van der Waals surface area contributed by atoms with E-state index in [2.05, 4.69) is 20.4 Å². The number of nitrogens with zero attached hydrogens (tertiary/aromatic N) is 2. The van der Waals surface area contributed by atoms with Crippen molar-refractivity contribution in [2.24, 2.45) is 5.92 Å². The Hall–Kier alpha value is -2.21. The number of aromatic amines is 1. The van der Waals surface area contributed by atoms with Crippen molar-refractivity contribution >= 4 is 5.91 Å². The van der Waals surface area contributed by atoms with Crippen LogP contribution in [0.3, 0.4) is 0 Å². The summed E-state index contributed by atoms with van der Waals surface area (Å²) < 4.78 is 13.8. The van der Waals surface area contributed by atoms with Crippen molar-refractivity contribution in [1.82, 2.24) is 20.4 Å². The predicted octanol–water partition coefficient (Wildman–Crippen LogP) is 2.50. The van der Waals surface area contributed by atoms with Crippen molar-refractivity contribution < 1.29 is 9.18 Å². The van der Waals surface area contributed by atoms with Crippen LogP contribution in [-0.2, 0) is 6.54 Å². The average Bonchev–Trinajstić information content (AvgIpc) is 3.02. The summed E-state index contributed by atoms with van der Waals surface area (Å²) in [4.78, 5) is 14.3. The lowest BCUT2D eigenvalue weighted by Gasteiger charge is -2.32. The minimum Gasteiger partial charge on any atom is -0.350 e. The number of piperidine rings is 1. The molecule has 2 N–H and O–H groups in total. The third-order valence-electron chi connectivity index (χ3n) is 4.44. The van der Waals surface area contributed by atoms with Gasteiger partial charge < -0.3 is 5.32 Å². The maximum Gasteiger partial charge on any atom is 0.271 e. The summed E-state index contributed by atoms with van der Waals surface area (Å²) in [6.07, 6.45) is 2.14. The van der Waals surface area contributed by atoms with E-state index < -0.39 is 0 Å². The molecule has 0 aliphatic carbocycles. The molecule has 0 saturated carbocycles. The van der Waals surface area contributed by atoms with E-state index in [0.717, 1.165) is 37.2 Å². The molecule has 0 radical (unpaired) electrons. The van der Waals surface area contributed by atoms with Gasteiger partial charge in [-0.05, 0) is 44.4 Å². The number of halogens is 1. The van der Waals surface area contributed by atoms with Crippen molar-refractivity contribution in [2.75, 3.05) is 19.6 Å². The van der Waals surface area contributed by atoms with E-state index in [-0.39, 0.29) is 11.7 Å². The Kier molecular flexibility index (Phi) is 5.25. The van der Waals surface area contributed by atoms with E-state index in [9.17, 15) is 9.18 Å². The van der Waals surface area contributed by atoms with Gasteiger partial charge in [0.05, 0.1) is 0 Å². The Bertz CT molecular complexity index is 700. The Morgan fingerprint density at radius 1 is 1.46 bits per heavy atom. The van der Waals surface area contributed by atoms with Crippen LogP contribution < -0.4 is 5.32 Å². The number of carbonyl (C=O) groups is 1. The smallest absolute Gasteiger partial charge is 0.271 e. The van der Waals surface area contributed by atoms with Gasteiger partial charge in [-0.1, -0.05) is 18.2 Å². The summed E-state index contributed by atoms with van der Waals surface area (Å²) in [5.41, 5.74) is 2.02. The Morgan fingerprint density at radius 3 is 3.04 bits per heavy atom. The second kappa shape index (κ2) is 7.57. The van der Waals surface area contributed by atoms with E-state index in [1.165, 1.54) is 6.07 Å². The van der Waals surface area contributed by atoms with Gasteiger partial charge >= 0.3 is 0 Å². The van der Waals surface area contributed by atoms with Gasteiger partial charge in [-0.25, -0.2) is 4.39 Å². The molecule has 2 heterocycles. The molecule has 128 valence electrons. The number of aromatic nitrogens is 2. The quantitative estimate of drug-likeness (QED) is 0.885. The zero-order chi connectivity index (χ0) is 16.9. The van der Waals surface area contributed by atoms with E-state index in [4.69, 9.17) is 0 Å². The number of likely N-dealkylation sites (tertiary alicyclic amines) is 1. The SMILES string of the molecule is Cc1cc(C(=O)NC[C@H]2CCCN(Cc3ccccc3F)C2)n[nH]1. The van der Waals surface area contributed by atoms with Crippen LogP contribution in [0, 0.1) is 18.7 Å². The topological polar surface area (TPSA) is 61.0 Å². The van der Waals surface area contributed by atoms with Gasteiger partial charge in [0.25, 0.3) is 5.91 Å². The molecular weight excluding hydrogens is 307 g/mol. The minimum absolute atomic E-state index is 0.148. The van der Waals surface area contributed by atoms with E-state index in [1.54, 1.807) is 12.1 Å². The summed E-state index contributed by atoms with van der Waals surface area (Å²) in [5.74, 6) is 0.0851. The average molecular weight is 330 g/mol. The van der Waals surface area contributed by atoms with Crippen molar-refractivity contribution in [3.8, 4) is 0 Å². The van der Waals surface area contributed by atoms with E-state index in [1.807, 2.05) is 19.1 Å². The van der Waals surface area contributed by atoms with Crippen molar-refractivity contribution in [3.05, 3.63) is 53.1 Å². The van der Waals surface area contributed by atoms with Gasteiger partial charge in [0.15, 0.2) is 0 Å². The first kappa shape index (κ1) is 16.6. The van der Waals surface area contributed by atoms with Crippen molar-refractivity contribution in [1.29, 1.82) is 0 Å². The van der Waals surface area contributed by atoms with Crippen molar-refractivity contribution in [3.63, 3.8) is 0 Å². The lowest BCUT2D eigenvalue weighted by atomic mass is 9.97. The number of aryl methyl sites for hydroxylation is 1. The highest BCUT2D eigenvalue weighted by Crippen LogP contribution is 2.19. The molecule has 24 heavy (non-hydrogen) atoms. The number of nitrogens with one attached hydrogen (secondary N) is 2. The predicted molar refractivity (Wildman–Crippen MR) is 90.1 cm³/mol. The first-order valence-electron chi connectivity index (χ1n) is 8.38. The molecule has 1 aliphatic heterocycles. The summed E-state index contributed by atoms with van der Waals surface area (Å²) in [7, 11) is 0. The fourth-order valence-electron chi connectivity index (χ4n) is 3.19. The fraction of sp³-hybridized carbons (Fsp3) is 0.444. The molecule has 1 atom stereocenters. The Labute approximate surface area is 141 Å². The zero-order valence-electron chi connectivity index (χ0n) is 13.9. The molecule has 0 unspecified atom stereocenters.